The van der Waals surface area contributed by atoms with Gasteiger partial charge in [0.25, 0.3) is 5.56 Å². The summed E-state index contributed by atoms with van der Waals surface area (Å²) in [5, 5.41) is 11.9. The van der Waals surface area contributed by atoms with Gasteiger partial charge in [-0.15, -0.1) is 0 Å². The number of hydrogen-bond donors (Lipinski definition) is 3. The zero-order valence-electron chi connectivity index (χ0n) is 15.0. The Morgan fingerprint density at radius 3 is 2.65 bits per heavy atom. The van der Waals surface area contributed by atoms with E-state index in [0.717, 1.165) is 0 Å². The maximum Gasteiger partial charge on any atom is 0.329 e. The number of carbonyl (C=O) groups is 2. The Kier molecular flexibility index (Phi) is 5.86. The monoisotopic (exact) mass is 358 g/mol. The van der Waals surface area contributed by atoms with Crippen molar-refractivity contribution >= 4 is 11.9 Å². The third kappa shape index (κ3) is 4.33. The van der Waals surface area contributed by atoms with E-state index >= 15 is 0 Å². The number of aromatic nitrogens is 3. The normalized spacial score (nSPS) is 13.0. The van der Waals surface area contributed by atoms with Gasteiger partial charge in [-0.05, 0) is 32.4 Å². The molecule has 0 spiro atoms. The van der Waals surface area contributed by atoms with Gasteiger partial charge in [-0.3, -0.25) is 14.6 Å². The summed E-state index contributed by atoms with van der Waals surface area (Å²) >= 11 is 0. The van der Waals surface area contributed by atoms with Crippen molar-refractivity contribution in [2.75, 3.05) is 0 Å². The van der Waals surface area contributed by atoms with E-state index in [2.05, 4.69) is 20.3 Å². The molecule has 2 aromatic heterocycles. The van der Waals surface area contributed by atoms with Crippen molar-refractivity contribution in [2.45, 2.75) is 45.6 Å². The first-order valence-corrected chi connectivity index (χ1v) is 8.31. The minimum absolute atomic E-state index is 0.208. The highest BCUT2D eigenvalue weighted by Gasteiger charge is 2.34. The fourth-order valence-electron chi connectivity index (χ4n) is 2.69. The number of aryl methyl sites for hydroxylation is 1. The summed E-state index contributed by atoms with van der Waals surface area (Å²) in [6.45, 7) is 4.93. The molecule has 0 saturated carbocycles. The van der Waals surface area contributed by atoms with Crippen LogP contribution in [-0.2, 0) is 16.0 Å². The van der Waals surface area contributed by atoms with Gasteiger partial charge >= 0.3 is 5.97 Å². The number of nitrogens with one attached hydrogen (secondary N) is 2. The van der Waals surface area contributed by atoms with Crippen LogP contribution in [0.2, 0.25) is 0 Å². The fraction of sp³-hybridized carbons (Fsp3) is 0.389. The van der Waals surface area contributed by atoms with Crippen LogP contribution in [0.15, 0.2) is 29.3 Å². The Morgan fingerprint density at radius 1 is 1.38 bits per heavy atom. The molecule has 1 amide bonds. The van der Waals surface area contributed by atoms with E-state index in [0.29, 0.717) is 29.9 Å². The summed E-state index contributed by atoms with van der Waals surface area (Å²) in [5.41, 5.74) is -0.519. The van der Waals surface area contributed by atoms with Crippen molar-refractivity contribution in [1.82, 2.24) is 20.3 Å². The third-order valence-corrected chi connectivity index (χ3v) is 4.13. The number of aromatic amines is 1. The molecule has 3 N–H and O–H groups in total. The average molecular weight is 358 g/mol. The van der Waals surface area contributed by atoms with Gasteiger partial charge in [0.2, 0.25) is 5.91 Å². The number of rotatable bonds is 7. The van der Waals surface area contributed by atoms with Crippen molar-refractivity contribution in [3.05, 3.63) is 46.1 Å². The van der Waals surface area contributed by atoms with Gasteiger partial charge in [0.05, 0.1) is 6.42 Å². The van der Waals surface area contributed by atoms with Gasteiger partial charge in [-0.2, -0.15) is 0 Å². The number of hydrogen-bond acceptors (Lipinski definition) is 5. The minimum atomic E-state index is -1.37. The van der Waals surface area contributed by atoms with Crippen LogP contribution < -0.4 is 10.9 Å². The highest BCUT2D eigenvalue weighted by atomic mass is 16.4. The summed E-state index contributed by atoms with van der Waals surface area (Å²) in [5.74, 6) is -1.28. The molecule has 2 aromatic rings. The van der Waals surface area contributed by atoms with Gasteiger partial charge in [0.1, 0.15) is 11.4 Å². The van der Waals surface area contributed by atoms with Gasteiger partial charge in [-0.25, -0.2) is 9.78 Å². The summed E-state index contributed by atoms with van der Waals surface area (Å²) in [6, 6.07) is 3.49. The zero-order valence-corrected chi connectivity index (χ0v) is 15.0. The second-order valence-electron chi connectivity index (χ2n) is 6.33. The van der Waals surface area contributed by atoms with Gasteiger partial charge in [-0.1, -0.05) is 13.3 Å². The van der Waals surface area contributed by atoms with Crippen molar-refractivity contribution < 1.29 is 14.7 Å². The molecular formula is C18H22N4O4. The quantitative estimate of drug-likeness (QED) is 0.688. The lowest BCUT2D eigenvalue weighted by molar-refractivity contribution is -0.147. The van der Waals surface area contributed by atoms with Crippen LogP contribution in [0.25, 0.3) is 11.4 Å². The summed E-state index contributed by atoms with van der Waals surface area (Å²) in [6.07, 6.45) is 3.84. The van der Waals surface area contributed by atoms with E-state index in [-0.39, 0.29) is 12.0 Å². The lowest BCUT2D eigenvalue weighted by Crippen LogP contribution is -2.52. The second kappa shape index (κ2) is 7.90. The minimum Gasteiger partial charge on any atom is -0.480 e. The molecule has 0 saturated heterocycles. The van der Waals surface area contributed by atoms with E-state index in [1.807, 2.05) is 6.92 Å². The van der Waals surface area contributed by atoms with E-state index in [4.69, 9.17) is 0 Å². The number of carboxylic acid groups (broad SMARTS) is 1. The van der Waals surface area contributed by atoms with Crippen LogP contribution in [0.4, 0.5) is 0 Å². The molecule has 8 nitrogen and oxygen atoms in total. The van der Waals surface area contributed by atoms with Gasteiger partial charge in [0, 0.05) is 29.2 Å². The Morgan fingerprint density at radius 2 is 2.12 bits per heavy atom. The van der Waals surface area contributed by atoms with Gasteiger partial charge in [0.15, 0.2) is 0 Å². The number of carboxylic acids is 1. The Balaban J connectivity index is 2.23. The number of pyridine rings is 1. The fourth-order valence-corrected chi connectivity index (χ4v) is 2.69. The third-order valence-electron chi connectivity index (χ3n) is 4.13. The molecule has 26 heavy (non-hydrogen) atoms. The first-order chi connectivity index (χ1) is 12.3. The Bertz CT molecular complexity index is 863. The molecule has 2 heterocycles. The number of carbonyl (C=O) groups excluding carboxylic acids is 1. The molecule has 2 rings (SSSR count). The highest BCUT2D eigenvalue weighted by Crippen LogP contribution is 2.15. The predicted molar refractivity (Wildman–Crippen MR) is 95.6 cm³/mol. The van der Waals surface area contributed by atoms with Crippen molar-refractivity contribution in [3.63, 3.8) is 0 Å². The molecule has 0 aromatic carbocycles. The maximum atomic E-state index is 12.4. The largest absolute Gasteiger partial charge is 0.480 e. The molecule has 8 heteroatoms. The second-order valence-corrected chi connectivity index (χ2v) is 6.33. The van der Waals surface area contributed by atoms with E-state index in [1.165, 1.54) is 6.92 Å². The molecule has 1 atom stereocenters. The van der Waals surface area contributed by atoms with Crippen LogP contribution in [0, 0.1) is 6.92 Å². The molecule has 0 aliphatic rings. The van der Waals surface area contributed by atoms with Gasteiger partial charge < -0.3 is 15.4 Å². The molecule has 0 radical (unpaired) electrons. The molecule has 0 aliphatic carbocycles. The summed E-state index contributed by atoms with van der Waals surface area (Å²) in [4.78, 5) is 47.1. The van der Waals surface area contributed by atoms with Crippen LogP contribution in [0.5, 0.6) is 0 Å². The van der Waals surface area contributed by atoms with Crippen molar-refractivity contribution in [1.29, 1.82) is 0 Å². The SMILES string of the molecule is CCCC(C)(NC(=O)Cc1c(C)nc(-c2cccnc2)[nH]c1=O)C(=O)O. The van der Waals surface area contributed by atoms with Crippen molar-refractivity contribution in [2.24, 2.45) is 0 Å². The first-order valence-electron chi connectivity index (χ1n) is 8.31. The van der Waals surface area contributed by atoms with Crippen LogP contribution in [0.3, 0.4) is 0 Å². The summed E-state index contributed by atoms with van der Waals surface area (Å²) in [7, 11) is 0. The molecule has 0 aliphatic heterocycles. The van der Waals surface area contributed by atoms with E-state index in [9.17, 15) is 19.5 Å². The number of nitrogens with zero attached hydrogens (tertiary/aromatic N) is 2. The van der Waals surface area contributed by atoms with E-state index < -0.39 is 23.0 Å². The van der Waals surface area contributed by atoms with Crippen LogP contribution in [0.1, 0.15) is 37.9 Å². The first kappa shape index (κ1) is 19.3. The lowest BCUT2D eigenvalue weighted by atomic mass is 9.96. The number of H-pyrrole nitrogens is 1. The van der Waals surface area contributed by atoms with Crippen molar-refractivity contribution in [3.8, 4) is 11.4 Å². The zero-order chi connectivity index (χ0) is 19.3. The van der Waals surface area contributed by atoms with Crippen LogP contribution >= 0.6 is 0 Å². The Labute approximate surface area is 150 Å². The summed E-state index contributed by atoms with van der Waals surface area (Å²) < 4.78 is 0. The molecule has 1 unspecified atom stereocenters. The maximum absolute atomic E-state index is 12.4. The highest BCUT2D eigenvalue weighted by molar-refractivity contribution is 5.87. The lowest BCUT2D eigenvalue weighted by Gasteiger charge is -2.25. The Hall–Kier alpha value is -3.03. The standard InChI is InChI=1S/C18H22N4O4/c1-4-7-18(3,17(25)26)22-14(23)9-13-11(2)20-15(21-16(13)24)12-6-5-8-19-10-12/h5-6,8,10H,4,7,9H2,1-3H3,(H,22,23)(H,25,26)(H,20,21,24). The number of amides is 1. The van der Waals surface area contributed by atoms with Crippen LogP contribution in [-0.4, -0.2) is 37.5 Å². The van der Waals surface area contributed by atoms with E-state index in [1.54, 1.807) is 31.5 Å². The molecule has 0 fully saturated rings. The topological polar surface area (TPSA) is 125 Å². The smallest absolute Gasteiger partial charge is 0.329 e. The molecular weight excluding hydrogens is 336 g/mol. The average Bonchev–Trinajstić information content (AvgIpc) is 2.58. The molecule has 0 bridgehead atoms. The number of aliphatic carboxylic acids is 1. The predicted octanol–water partition coefficient (Wildman–Crippen LogP) is 1.44. The molecule has 138 valence electrons.